The van der Waals surface area contributed by atoms with Gasteiger partial charge in [-0.1, -0.05) is 20.3 Å². The number of anilines is 4. The fourth-order valence-electron chi connectivity index (χ4n) is 7.24. The summed E-state index contributed by atoms with van der Waals surface area (Å²) >= 11 is 0. The molecule has 0 saturated heterocycles. The first kappa shape index (κ1) is 52.2. The van der Waals surface area contributed by atoms with Gasteiger partial charge in [-0.25, -0.2) is 14.8 Å². The number of aromatic amines is 1. The summed E-state index contributed by atoms with van der Waals surface area (Å²) in [6, 6.07) is 4.88. The van der Waals surface area contributed by atoms with Crippen LogP contribution in [-0.2, 0) is 35.3 Å². The lowest BCUT2D eigenvalue weighted by molar-refractivity contribution is -0.139. The van der Waals surface area contributed by atoms with Crippen molar-refractivity contribution >= 4 is 81.6 Å². The molecular weight excluding hydrogens is 939 g/mol. The Hall–Kier alpha value is -9.17. The molecule has 5 aromatic rings. The lowest BCUT2D eigenvalue weighted by Gasteiger charge is -2.24. The Kier molecular flexibility index (Phi) is 17.3. The van der Waals surface area contributed by atoms with Crippen molar-refractivity contribution in [3.8, 4) is 17.1 Å². The van der Waals surface area contributed by atoms with Crippen LogP contribution < -0.4 is 43.4 Å². The van der Waals surface area contributed by atoms with Crippen LogP contribution in [0.1, 0.15) is 85.7 Å². The van der Waals surface area contributed by atoms with Gasteiger partial charge in [-0.3, -0.25) is 38.5 Å². The number of carbonyl (C=O) groups is 8. The predicted octanol–water partition coefficient (Wildman–Crippen LogP) is 0.545. The Morgan fingerprint density at radius 2 is 1.61 bits per heavy atom. The topological polar surface area (TPSA) is 410 Å². The number of fused-ring (bicyclic) bond motifs is 1. The zero-order valence-corrected chi connectivity index (χ0v) is 39.3. The molecule has 1 aliphatic rings. The molecule has 1 aliphatic heterocycles. The highest BCUT2D eigenvalue weighted by Crippen LogP contribution is 2.26. The Labute approximate surface area is 409 Å². The van der Waals surface area contributed by atoms with Crippen LogP contribution in [0, 0.1) is 5.92 Å². The Bertz CT molecular complexity index is 2880. The summed E-state index contributed by atoms with van der Waals surface area (Å²) in [6.45, 7) is 5.27. The molecule has 378 valence electrons. The maximum absolute atomic E-state index is 13.5. The molecule has 0 bridgehead atoms. The largest absolute Gasteiger partial charge is 0.506 e. The van der Waals surface area contributed by atoms with E-state index in [4.69, 9.17) is 11.5 Å². The number of carboxylic acid groups (broad SMARTS) is 1. The number of aromatic hydroxyl groups is 1. The van der Waals surface area contributed by atoms with Crippen molar-refractivity contribution < 1.29 is 48.6 Å². The number of carbonyl (C=O) groups excluding carboxylic acids is 7. The maximum atomic E-state index is 13.5. The van der Waals surface area contributed by atoms with Crippen LogP contribution >= 0.6 is 0 Å². The molecule has 0 radical (unpaired) electrons. The van der Waals surface area contributed by atoms with Crippen LogP contribution in [0.2, 0.25) is 0 Å². The number of aliphatic carboxylic acids is 1. The number of phenolic OH excluding ortho intramolecular Hbond substituents is 1. The molecule has 0 fully saturated rings. The van der Waals surface area contributed by atoms with Crippen LogP contribution in [-0.4, -0.2) is 134 Å². The molecule has 4 heterocycles. The highest BCUT2D eigenvalue weighted by Gasteiger charge is 2.28. The van der Waals surface area contributed by atoms with Gasteiger partial charge in [-0.05, 0) is 80.1 Å². The van der Waals surface area contributed by atoms with Crippen molar-refractivity contribution in [2.24, 2.45) is 5.92 Å². The molecule has 2 aromatic carbocycles. The fourth-order valence-corrected chi connectivity index (χ4v) is 7.24. The van der Waals surface area contributed by atoms with Crippen LogP contribution in [0.5, 0.6) is 5.75 Å². The molecule has 13 N–H and O–H groups in total. The number of nitrogens with zero attached hydrogens (tertiary/aromatic N) is 8. The molecule has 6 rings (SSSR count). The first-order chi connectivity index (χ1) is 34.4. The van der Waals surface area contributed by atoms with Crippen molar-refractivity contribution in [3.63, 3.8) is 0 Å². The SMILES string of the molecule is CC(C)[C@H](NC(=O)CCCCCN1C(=O)C=CC1=O)C(=O)N[C@@H](C)C(=O)Nc1ccc(C(=O)NCCC[C@H](NC(=O)c2ccc(NCc3cnc4nc(N)nc(N)c4n3)c(O)c2)C(=O)O)c(-c2nn[nH]n2)c1. The van der Waals surface area contributed by atoms with Gasteiger partial charge >= 0.3 is 5.97 Å². The quantitative estimate of drug-likeness (QED) is 0.0228. The van der Waals surface area contributed by atoms with E-state index in [0.717, 1.165) is 4.90 Å². The Balaban J connectivity index is 0.964. The number of nitrogens with two attached hydrogens (primary N) is 2. The first-order valence-electron chi connectivity index (χ1n) is 22.6. The number of aromatic nitrogens is 8. The lowest BCUT2D eigenvalue weighted by atomic mass is 10.0. The molecule has 27 heteroatoms. The number of hydrogen-bond donors (Lipinski definition) is 11. The number of rotatable bonds is 24. The number of phenols is 1. The molecule has 0 spiro atoms. The number of carboxylic acids is 1. The van der Waals surface area contributed by atoms with Crippen LogP contribution in [0.4, 0.5) is 23.1 Å². The number of unbranched alkanes of at least 4 members (excludes halogenated alkanes) is 2. The van der Waals surface area contributed by atoms with E-state index in [1.165, 1.54) is 61.7 Å². The third-order valence-corrected chi connectivity index (χ3v) is 11.1. The second-order valence-corrected chi connectivity index (χ2v) is 16.8. The minimum atomic E-state index is -1.36. The van der Waals surface area contributed by atoms with Crippen molar-refractivity contribution in [2.45, 2.75) is 84.0 Å². The van der Waals surface area contributed by atoms with E-state index in [9.17, 15) is 48.6 Å². The smallest absolute Gasteiger partial charge is 0.326 e. The minimum Gasteiger partial charge on any atom is -0.506 e. The highest BCUT2D eigenvalue weighted by atomic mass is 16.4. The monoisotopic (exact) mass is 991 g/mol. The normalized spacial score (nSPS) is 13.4. The van der Waals surface area contributed by atoms with E-state index in [-0.39, 0.29) is 125 Å². The second-order valence-electron chi connectivity index (χ2n) is 16.8. The standard InChI is InChI=1S/C45H53N17O10/c1-22(2)35(55-32(64)9-5-4-6-17-62-33(65)14-15-34(62)66)43(70)51-23(3)40(67)53-25-11-12-27(28(19-25)38-58-60-61-59-38)42(69)48-16-7-8-30(44(71)72)54-41(68)24-10-13-29(31(63)18-24)49-20-26-21-50-39-36(52-26)37(46)56-45(47)57-39/h10-15,18-19,21-23,30,35,49,63H,4-9,16-17,20H2,1-3H3,(H,48,69)(H,51,70)(H,53,67)(H,54,68)(H,55,64)(H,71,72)(H,58,59,60,61)(H4,46,47,50,56,57)/t23-,30-,35-/m0/s1. The van der Waals surface area contributed by atoms with Gasteiger partial charge in [-0.15, -0.1) is 10.2 Å². The van der Waals surface area contributed by atoms with Gasteiger partial charge in [0, 0.05) is 48.5 Å². The van der Waals surface area contributed by atoms with Crippen molar-refractivity contribution in [1.29, 1.82) is 0 Å². The summed E-state index contributed by atoms with van der Waals surface area (Å²) in [7, 11) is 0. The lowest BCUT2D eigenvalue weighted by Crippen LogP contribution is -2.53. The third-order valence-electron chi connectivity index (χ3n) is 11.1. The number of tetrazole rings is 1. The number of nitrogen functional groups attached to an aromatic ring is 2. The average molecular weight is 992 g/mol. The van der Waals surface area contributed by atoms with E-state index in [1.54, 1.807) is 13.8 Å². The number of imide groups is 1. The number of nitrogens with one attached hydrogen (secondary N) is 7. The molecule has 0 unspecified atom stereocenters. The van der Waals surface area contributed by atoms with E-state index < -0.39 is 47.7 Å². The van der Waals surface area contributed by atoms with Crippen molar-refractivity contribution in [3.05, 3.63) is 71.6 Å². The first-order valence-corrected chi connectivity index (χ1v) is 22.6. The minimum absolute atomic E-state index is 0.0115. The second kappa shape index (κ2) is 23.9. The van der Waals surface area contributed by atoms with Gasteiger partial charge in [0.25, 0.3) is 23.6 Å². The van der Waals surface area contributed by atoms with E-state index >= 15 is 0 Å². The van der Waals surface area contributed by atoms with Gasteiger partial charge in [0.15, 0.2) is 17.0 Å². The van der Waals surface area contributed by atoms with Gasteiger partial charge in [0.1, 0.15) is 23.9 Å². The number of benzene rings is 2. The van der Waals surface area contributed by atoms with Gasteiger partial charge in [-0.2, -0.15) is 15.2 Å². The summed E-state index contributed by atoms with van der Waals surface area (Å²) in [5, 5.41) is 50.5. The zero-order valence-electron chi connectivity index (χ0n) is 39.3. The van der Waals surface area contributed by atoms with E-state index in [2.05, 4.69) is 72.5 Å². The molecule has 3 aromatic heterocycles. The Morgan fingerprint density at radius 3 is 2.31 bits per heavy atom. The molecular formula is C45H53N17O10. The number of hydrogen-bond acceptors (Lipinski definition) is 19. The summed E-state index contributed by atoms with van der Waals surface area (Å²) in [6.07, 6.45) is 5.56. The number of amides is 7. The van der Waals surface area contributed by atoms with Gasteiger partial charge < -0.3 is 53.6 Å². The summed E-state index contributed by atoms with van der Waals surface area (Å²) in [5.41, 5.74) is 13.1. The number of H-pyrrole nitrogens is 1. The van der Waals surface area contributed by atoms with Crippen LogP contribution in [0.15, 0.2) is 54.7 Å². The molecule has 0 aliphatic carbocycles. The molecule has 27 nitrogen and oxygen atoms in total. The van der Waals surface area contributed by atoms with E-state index in [0.29, 0.717) is 25.0 Å². The third kappa shape index (κ3) is 13.8. The average Bonchev–Trinajstić information content (AvgIpc) is 4.00. The molecule has 7 amide bonds. The van der Waals surface area contributed by atoms with Gasteiger partial charge in [0.05, 0.1) is 29.7 Å². The van der Waals surface area contributed by atoms with Crippen LogP contribution in [0.25, 0.3) is 22.6 Å². The highest BCUT2D eigenvalue weighted by molar-refractivity contribution is 6.13. The summed E-state index contributed by atoms with van der Waals surface area (Å²) < 4.78 is 0. The van der Waals surface area contributed by atoms with Crippen molar-refractivity contribution in [2.75, 3.05) is 35.2 Å². The van der Waals surface area contributed by atoms with Crippen molar-refractivity contribution in [1.82, 2.24) is 66.7 Å². The summed E-state index contributed by atoms with van der Waals surface area (Å²) in [5.74, 6) is -5.63. The van der Waals surface area contributed by atoms with E-state index in [1.807, 2.05) is 0 Å². The molecule has 3 atom stereocenters. The molecule has 72 heavy (non-hydrogen) atoms. The summed E-state index contributed by atoms with van der Waals surface area (Å²) in [4.78, 5) is 119. The van der Waals surface area contributed by atoms with Crippen LogP contribution in [0.3, 0.4) is 0 Å². The zero-order chi connectivity index (χ0) is 52.1. The predicted molar refractivity (Wildman–Crippen MR) is 257 cm³/mol. The van der Waals surface area contributed by atoms with Gasteiger partial charge in [0.2, 0.25) is 29.5 Å². The molecule has 0 saturated carbocycles. The maximum Gasteiger partial charge on any atom is 0.326 e. The Morgan fingerprint density at radius 1 is 0.847 bits per heavy atom. The fraction of sp³-hybridized carbons (Fsp3) is 0.356.